The van der Waals surface area contributed by atoms with Crippen molar-refractivity contribution in [2.75, 3.05) is 0 Å². The minimum absolute atomic E-state index is 0.0129. The van der Waals surface area contributed by atoms with Crippen LogP contribution in [0.1, 0.15) is 32.0 Å². The van der Waals surface area contributed by atoms with E-state index in [9.17, 15) is 19.7 Å². The first-order valence-corrected chi connectivity index (χ1v) is 6.64. The van der Waals surface area contributed by atoms with Crippen molar-refractivity contribution in [1.29, 1.82) is 0 Å². The number of aromatic carboxylic acids is 1. The Morgan fingerprint density at radius 3 is 2.39 bits per heavy atom. The Morgan fingerprint density at radius 1 is 1.22 bits per heavy atom. The number of nitrogens with two attached hydrogens (primary N) is 1. The predicted octanol–water partition coefficient (Wildman–Crippen LogP) is 1.57. The summed E-state index contributed by atoms with van der Waals surface area (Å²) in [5.74, 6) is -1.88. The second kappa shape index (κ2) is 6.65. The van der Waals surface area contributed by atoms with Crippen LogP contribution in [0.15, 0.2) is 36.5 Å². The van der Waals surface area contributed by atoms with Gasteiger partial charge in [0.25, 0.3) is 11.6 Å². The molecule has 8 nitrogen and oxygen atoms in total. The van der Waals surface area contributed by atoms with Gasteiger partial charge in [-0.1, -0.05) is 12.1 Å². The molecule has 0 saturated carbocycles. The zero-order valence-electron chi connectivity index (χ0n) is 11.9. The van der Waals surface area contributed by atoms with Crippen molar-refractivity contribution in [2.45, 2.75) is 12.8 Å². The number of carbonyl (C=O) groups excluding carboxylic acids is 1. The molecule has 23 heavy (non-hydrogen) atoms. The molecule has 0 spiro atoms. The average molecular weight is 315 g/mol. The molecule has 1 amide bonds. The van der Waals surface area contributed by atoms with E-state index in [1.807, 2.05) is 0 Å². The summed E-state index contributed by atoms with van der Waals surface area (Å²) >= 11 is 0. The number of rotatable bonds is 6. The van der Waals surface area contributed by atoms with E-state index in [1.54, 1.807) is 12.1 Å². The highest BCUT2D eigenvalue weighted by molar-refractivity contribution is 5.94. The van der Waals surface area contributed by atoms with Crippen LogP contribution in [0.5, 0.6) is 0 Å². The highest BCUT2D eigenvalue weighted by atomic mass is 16.6. The third kappa shape index (κ3) is 3.88. The summed E-state index contributed by atoms with van der Waals surface area (Å²) in [6.07, 6.45) is 1.88. The number of amides is 1. The summed E-state index contributed by atoms with van der Waals surface area (Å²) in [7, 11) is 0. The number of benzene rings is 1. The minimum atomic E-state index is -1.15. The fourth-order valence-corrected chi connectivity index (χ4v) is 2.10. The third-order valence-electron chi connectivity index (χ3n) is 3.28. The summed E-state index contributed by atoms with van der Waals surface area (Å²) in [6.45, 7) is 0. The Hall–Kier alpha value is -3.29. The molecule has 0 saturated heterocycles. The van der Waals surface area contributed by atoms with Crippen molar-refractivity contribution in [3.05, 3.63) is 69.0 Å². The van der Waals surface area contributed by atoms with E-state index in [2.05, 4.69) is 4.98 Å². The number of nitro benzene ring substituents is 1. The molecular weight excluding hydrogens is 302 g/mol. The van der Waals surface area contributed by atoms with E-state index in [0.717, 1.165) is 11.8 Å². The van der Waals surface area contributed by atoms with Crippen molar-refractivity contribution in [2.24, 2.45) is 5.73 Å². The summed E-state index contributed by atoms with van der Waals surface area (Å²) in [5.41, 5.74) is 6.46. The van der Waals surface area contributed by atoms with Gasteiger partial charge in [-0.15, -0.1) is 0 Å². The predicted molar refractivity (Wildman–Crippen MR) is 80.2 cm³/mol. The SMILES string of the molecule is NC(=O)c1ncc(C(=O)O)cc1CCc1ccc([N+](=O)[O-])cc1. The zero-order valence-corrected chi connectivity index (χ0v) is 11.9. The number of carboxylic acid groups (broad SMARTS) is 1. The molecule has 3 N–H and O–H groups in total. The smallest absolute Gasteiger partial charge is 0.337 e. The summed E-state index contributed by atoms with van der Waals surface area (Å²) in [5, 5.41) is 19.6. The van der Waals surface area contributed by atoms with Crippen LogP contribution < -0.4 is 5.73 Å². The van der Waals surface area contributed by atoms with Gasteiger partial charge < -0.3 is 10.8 Å². The largest absolute Gasteiger partial charge is 0.478 e. The second-order valence-electron chi connectivity index (χ2n) is 4.82. The Balaban J connectivity index is 2.21. The van der Waals surface area contributed by atoms with Gasteiger partial charge in [0.2, 0.25) is 0 Å². The Kier molecular flexibility index (Phi) is 4.65. The molecular formula is C15H13N3O5. The molecule has 2 rings (SSSR count). The van der Waals surface area contributed by atoms with Gasteiger partial charge in [0.1, 0.15) is 5.69 Å². The quantitative estimate of drug-likeness (QED) is 0.613. The third-order valence-corrected chi connectivity index (χ3v) is 3.28. The van der Waals surface area contributed by atoms with Gasteiger partial charge in [0.05, 0.1) is 10.5 Å². The Bertz CT molecular complexity index is 771. The number of hydrogen-bond acceptors (Lipinski definition) is 5. The number of non-ortho nitro benzene ring substituents is 1. The molecule has 0 radical (unpaired) electrons. The Morgan fingerprint density at radius 2 is 1.87 bits per heavy atom. The van der Waals surface area contributed by atoms with E-state index in [1.165, 1.54) is 18.2 Å². The minimum Gasteiger partial charge on any atom is -0.478 e. The normalized spacial score (nSPS) is 10.3. The van der Waals surface area contributed by atoms with Crippen LogP contribution in [-0.4, -0.2) is 26.9 Å². The molecule has 0 aliphatic heterocycles. The van der Waals surface area contributed by atoms with Crippen LogP contribution >= 0.6 is 0 Å². The maximum atomic E-state index is 11.4. The van der Waals surface area contributed by atoms with Gasteiger partial charge in [-0.25, -0.2) is 9.78 Å². The maximum absolute atomic E-state index is 11.4. The lowest BCUT2D eigenvalue weighted by Crippen LogP contribution is -2.17. The molecule has 0 atom stereocenters. The lowest BCUT2D eigenvalue weighted by atomic mass is 10.0. The lowest BCUT2D eigenvalue weighted by molar-refractivity contribution is -0.384. The Labute approximate surface area is 130 Å². The first-order chi connectivity index (χ1) is 10.9. The lowest BCUT2D eigenvalue weighted by Gasteiger charge is -2.07. The van der Waals surface area contributed by atoms with Crippen molar-refractivity contribution >= 4 is 17.6 Å². The fraction of sp³-hybridized carbons (Fsp3) is 0.133. The molecule has 2 aromatic rings. The van der Waals surface area contributed by atoms with E-state index >= 15 is 0 Å². The second-order valence-corrected chi connectivity index (χ2v) is 4.82. The number of pyridine rings is 1. The van der Waals surface area contributed by atoms with Crippen LogP contribution in [0.25, 0.3) is 0 Å². The number of aryl methyl sites for hydroxylation is 2. The van der Waals surface area contributed by atoms with Crippen molar-refractivity contribution in [3.8, 4) is 0 Å². The van der Waals surface area contributed by atoms with Gasteiger partial charge in [-0.05, 0) is 30.0 Å². The van der Waals surface area contributed by atoms with Gasteiger partial charge in [0.15, 0.2) is 0 Å². The summed E-state index contributed by atoms with van der Waals surface area (Å²) < 4.78 is 0. The molecule has 0 fully saturated rings. The van der Waals surface area contributed by atoms with Gasteiger partial charge in [0, 0.05) is 18.3 Å². The van der Waals surface area contributed by atoms with Crippen LogP contribution in [0.3, 0.4) is 0 Å². The number of aromatic nitrogens is 1. The molecule has 1 heterocycles. The molecule has 118 valence electrons. The van der Waals surface area contributed by atoms with Crippen molar-refractivity contribution < 1.29 is 19.6 Å². The molecule has 8 heteroatoms. The standard InChI is InChI=1S/C15H13N3O5/c16-14(19)13-10(7-11(8-17-13)15(20)21)4-1-9-2-5-12(6-3-9)18(22)23/h2-3,5-8H,1,4H2,(H2,16,19)(H,20,21). The van der Waals surface area contributed by atoms with Crippen LogP contribution in [0, 0.1) is 10.1 Å². The van der Waals surface area contributed by atoms with E-state index in [-0.39, 0.29) is 16.9 Å². The van der Waals surface area contributed by atoms with Crippen molar-refractivity contribution in [1.82, 2.24) is 4.98 Å². The topological polar surface area (TPSA) is 136 Å². The van der Waals surface area contributed by atoms with Gasteiger partial charge in [-0.3, -0.25) is 14.9 Å². The molecule has 0 aliphatic carbocycles. The number of carboxylic acids is 1. The molecule has 1 aromatic carbocycles. The maximum Gasteiger partial charge on any atom is 0.337 e. The first-order valence-electron chi connectivity index (χ1n) is 6.64. The van der Waals surface area contributed by atoms with E-state index in [4.69, 9.17) is 10.8 Å². The van der Waals surface area contributed by atoms with Crippen molar-refractivity contribution in [3.63, 3.8) is 0 Å². The van der Waals surface area contributed by atoms with Gasteiger partial charge >= 0.3 is 5.97 Å². The summed E-state index contributed by atoms with van der Waals surface area (Å²) in [4.78, 5) is 36.3. The molecule has 0 aliphatic rings. The number of hydrogen-bond donors (Lipinski definition) is 2. The average Bonchev–Trinajstić information content (AvgIpc) is 2.52. The fourth-order valence-electron chi connectivity index (χ4n) is 2.10. The highest BCUT2D eigenvalue weighted by Crippen LogP contribution is 2.16. The van der Waals surface area contributed by atoms with E-state index in [0.29, 0.717) is 18.4 Å². The number of nitro groups is 1. The molecule has 0 unspecified atom stereocenters. The number of carbonyl (C=O) groups is 2. The van der Waals surface area contributed by atoms with Gasteiger partial charge in [-0.2, -0.15) is 0 Å². The molecule has 1 aromatic heterocycles. The van der Waals surface area contributed by atoms with Crippen LogP contribution in [0.4, 0.5) is 5.69 Å². The van der Waals surface area contributed by atoms with E-state index < -0.39 is 16.8 Å². The van der Waals surface area contributed by atoms with Crippen LogP contribution in [-0.2, 0) is 12.8 Å². The number of nitrogens with zero attached hydrogens (tertiary/aromatic N) is 2. The highest BCUT2D eigenvalue weighted by Gasteiger charge is 2.14. The number of primary amides is 1. The molecule has 0 bridgehead atoms. The first kappa shape index (κ1) is 16.1. The zero-order chi connectivity index (χ0) is 17.0. The van der Waals surface area contributed by atoms with Crippen LogP contribution in [0.2, 0.25) is 0 Å². The monoisotopic (exact) mass is 315 g/mol. The summed E-state index contributed by atoms with van der Waals surface area (Å²) in [6, 6.07) is 7.35.